The second-order valence-corrected chi connectivity index (χ2v) is 19.8. The van der Waals surface area contributed by atoms with Crippen LogP contribution in [0.1, 0.15) is 6.92 Å². The van der Waals surface area contributed by atoms with Gasteiger partial charge in [-0.3, -0.25) is 18.5 Å². The van der Waals surface area contributed by atoms with Gasteiger partial charge in [-0.2, -0.15) is 30.0 Å². The molecule has 0 bridgehead atoms. The van der Waals surface area contributed by atoms with Crippen LogP contribution < -0.4 is 10.0 Å². The Morgan fingerprint density at radius 3 is 1.47 bits per heavy atom. The Bertz CT molecular complexity index is 2330. The van der Waals surface area contributed by atoms with Crippen molar-refractivity contribution in [3.63, 3.8) is 0 Å². The van der Waals surface area contributed by atoms with Gasteiger partial charge in [0.25, 0.3) is 0 Å². The smallest absolute Gasteiger partial charge is 0.397 e. The van der Waals surface area contributed by atoms with E-state index >= 15 is 0 Å². The van der Waals surface area contributed by atoms with Crippen LogP contribution in [0.25, 0.3) is 0 Å². The van der Waals surface area contributed by atoms with E-state index in [1.165, 1.54) is 4.72 Å². The molecule has 0 saturated carbocycles. The molecule has 5 aliphatic heterocycles. The van der Waals surface area contributed by atoms with Crippen molar-refractivity contribution in [2.45, 2.75) is 160 Å². The molecular weight excluding hydrogens is 1100 g/mol. The van der Waals surface area contributed by atoms with Crippen LogP contribution in [0.5, 0.6) is 0 Å². The van der Waals surface area contributed by atoms with Crippen LogP contribution in [0.2, 0.25) is 0 Å². The Hall–Kier alpha value is -3.27. The minimum Gasteiger partial charge on any atom is -0.479 e. The molecule has 18 N–H and O–H groups in total. The number of ether oxygens (including phenoxy) is 9. The first-order valence-corrected chi connectivity index (χ1v) is 24.8. The number of rotatable bonds is 20. The Labute approximate surface area is 413 Å². The summed E-state index contributed by atoms with van der Waals surface area (Å²) in [6.07, 6.45) is -57.5. The molecule has 74 heavy (non-hydrogen) atoms. The molecule has 0 aromatic heterocycles. The molecule has 5 heterocycles. The average Bonchev–Trinajstić information content (AvgIpc) is 3.27. The van der Waals surface area contributed by atoms with E-state index in [1.807, 2.05) is 5.32 Å². The highest BCUT2D eigenvalue weighted by Gasteiger charge is 2.60. The van der Waals surface area contributed by atoms with E-state index in [1.54, 1.807) is 0 Å². The summed E-state index contributed by atoms with van der Waals surface area (Å²) in [6.45, 7) is -2.15. The Morgan fingerprint density at radius 2 is 0.959 bits per heavy atom. The van der Waals surface area contributed by atoms with E-state index in [9.17, 15) is 124 Å². The van der Waals surface area contributed by atoms with Crippen molar-refractivity contribution in [1.29, 1.82) is 0 Å². The monoisotopic (exact) mass is 1150 g/mol. The molecule has 0 aliphatic carbocycles. The van der Waals surface area contributed by atoms with Gasteiger partial charge in [0.15, 0.2) is 55.9 Å². The molecule has 5 fully saturated rings. The summed E-state index contributed by atoms with van der Waals surface area (Å²) in [5, 5.41) is 138. The van der Waals surface area contributed by atoms with E-state index in [2.05, 4.69) is 8.37 Å². The van der Waals surface area contributed by atoms with Crippen molar-refractivity contribution >= 4 is 54.9 Å². The maximum absolute atomic E-state index is 12.8. The predicted molar refractivity (Wildman–Crippen MR) is 213 cm³/mol. The topological polar surface area (TPSA) is 620 Å². The maximum Gasteiger partial charge on any atom is 0.397 e. The lowest BCUT2D eigenvalue weighted by molar-refractivity contribution is -0.373. The Balaban J connectivity index is 1.50. The number of amides is 1. The van der Waals surface area contributed by atoms with E-state index in [0.29, 0.717) is 0 Å². The quantitative estimate of drug-likeness (QED) is 0.0503. The molecule has 0 aromatic rings. The van der Waals surface area contributed by atoms with Crippen LogP contribution in [-0.4, -0.2) is 296 Å². The normalized spacial score (nSPS) is 43.5. The third-order valence-corrected chi connectivity index (χ3v) is 12.8. The zero-order valence-electron chi connectivity index (χ0n) is 36.8. The van der Waals surface area contributed by atoms with Gasteiger partial charge in [0, 0.05) is 6.92 Å². The van der Waals surface area contributed by atoms with Gasteiger partial charge in [-0.05, 0) is 0 Å². The van der Waals surface area contributed by atoms with E-state index in [4.69, 9.17) is 42.6 Å². The molecule has 5 rings (SSSR count). The molecule has 0 spiro atoms. The highest BCUT2D eigenvalue weighted by molar-refractivity contribution is 7.83. The van der Waals surface area contributed by atoms with Crippen molar-refractivity contribution in [2.24, 2.45) is 0 Å². The number of aliphatic hydroxyl groups excluding tert-OH is 10. The number of carbonyl (C=O) groups excluding carboxylic acids is 1. The standard InChI is InChI=1S/C32H50N2O37S3/c1-4(36)33-7-9(37)18(6(3-61-73(55,56)57)63-29(7)67-19-13(41)14(42)28(51)64-23(19)26(47)48)66-32-22(71-74(58,59)60)16(44)20(24(70-32)27(49)50)68-30-8(34-72(52,53)54)10(38)17(5(2-35)62-30)65-31-15(43)11(39)12(40)21(69-31)25(45)46/h5-24,28-32,34-35,37-44,51H,2-3H2,1H3,(H,33,36)(H,45,46)(H,47,48)(H,49,50)(H,52,53,54)(H,55,56,57)(H,58,59,60)/t5-,6-,7-,8-,9-,10-,11+,12+,13-,14-,15-,16+,17-,18-,19+,20+,21-,22-,23+,24+,28?,29-,30-,31+,32-/m1/s1. The second kappa shape index (κ2) is 24.2. The average molecular weight is 1150 g/mol. The van der Waals surface area contributed by atoms with Crippen molar-refractivity contribution in [3.05, 3.63) is 0 Å². The van der Waals surface area contributed by atoms with Crippen molar-refractivity contribution in [2.75, 3.05) is 13.2 Å². The number of carboxylic acid groups (broad SMARTS) is 3. The number of carboxylic acids is 3. The van der Waals surface area contributed by atoms with E-state index in [0.717, 1.165) is 6.92 Å². The van der Waals surface area contributed by atoms with Crippen molar-refractivity contribution < 1.29 is 175 Å². The maximum atomic E-state index is 12.8. The molecule has 39 nitrogen and oxygen atoms in total. The first-order valence-electron chi connectivity index (χ1n) is 20.7. The molecule has 25 atom stereocenters. The largest absolute Gasteiger partial charge is 0.479 e. The summed E-state index contributed by atoms with van der Waals surface area (Å²) in [6, 6.07) is -4.77. The molecule has 0 aromatic carbocycles. The van der Waals surface area contributed by atoms with Crippen molar-refractivity contribution in [3.8, 4) is 0 Å². The number of nitrogens with one attached hydrogen (secondary N) is 2. The van der Waals surface area contributed by atoms with Crippen LogP contribution >= 0.6 is 0 Å². The molecule has 5 saturated heterocycles. The lowest BCUT2D eigenvalue weighted by Gasteiger charge is -2.50. The first kappa shape index (κ1) is 61.6. The number of hydrogen-bond donors (Lipinski definition) is 18. The van der Waals surface area contributed by atoms with Gasteiger partial charge in [-0.1, -0.05) is 0 Å². The molecule has 1 unspecified atom stereocenters. The molecule has 5 aliphatic rings. The predicted octanol–water partition coefficient (Wildman–Crippen LogP) is -12.4. The van der Waals surface area contributed by atoms with E-state index in [-0.39, 0.29) is 0 Å². The van der Waals surface area contributed by atoms with Crippen LogP contribution in [0.15, 0.2) is 0 Å². The lowest BCUT2D eigenvalue weighted by Crippen LogP contribution is -2.71. The van der Waals surface area contributed by atoms with Gasteiger partial charge < -0.3 is 114 Å². The molecule has 0 radical (unpaired) electrons. The fraction of sp³-hybridized carbons (Fsp3) is 0.875. The van der Waals surface area contributed by atoms with Crippen LogP contribution in [-0.2, 0) is 101 Å². The minimum atomic E-state index is -5.96. The third-order valence-electron chi connectivity index (χ3n) is 11.3. The van der Waals surface area contributed by atoms with Crippen LogP contribution in [0.3, 0.4) is 0 Å². The molecule has 1 amide bonds. The summed E-state index contributed by atoms with van der Waals surface area (Å²) >= 11 is 0. The third kappa shape index (κ3) is 14.6. The van der Waals surface area contributed by atoms with Gasteiger partial charge in [-0.25, -0.2) is 22.7 Å². The Kier molecular flexibility index (Phi) is 20.1. The van der Waals surface area contributed by atoms with Gasteiger partial charge in [0.05, 0.1) is 13.2 Å². The highest BCUT2D eigenvalue weighted by Crippen LogP contribution is 2.37. The summed E-state index contributed by atoms with van der Waals surface area (Å²) in [5.41, 5.74) is 0. The summed E-state index contributed by atoms with van der Waals surface area (Å²) in [5.74, 6) is -7.29. The lowest BCUT2D eigenvalue weighted by atomic mass is 9.94. The SMILES string of the molecule is CC(=O)N[C@H]1[C@@H](O[C@H]2[C@H](O)[C@@H](O)C(O)O[C@@H]2C(=O)O)O[C@H](COS(=O)(=O)O)[C@@H](O[C@@H]2O[C@H](C(=O)O)[C@@H](O[C@H]3O[C@H](CO)[C@@H](O[C@H]4O[C@@H](C(=O)O)[C@@H](O)[C@H](O)[C@H]4O)[C@H](O)[C@H]3NS(=O)(=O)O)[C@H](O)[C@H]2OS(=O)(=O)O)[C@@H]1O. The van der Waals surface area contributed by atoms with Crippen LogP contribution in [0.4, 0.5) is 0 Å². The molecule has 428 valence electrons. The number of hydrogen-bond acceptors (Lipinski definition) is 31. The van der Waals surface area contributed by atoms with Gasteiger partial charge in [-0.15, -0.1) is 0 Å². The zero-order valence-corrected chi connectivity index (χ0v) is 39.3. The molecule has 42 heteroatoms. The Morgan fingerprint density at radius 1 is 0.486 bits per heavy atom. The zero-order chi connectivity index (χ0) is 55.8. The molecular formula is C32H50N2O37S3. The fourth-order valence-electron chi connectivity index (χ4n) is 8.04. The van der Waals surface area contributed by atoms with Crippen LogP contribution in [0, 0.1) is 0 Å². The number of aliphatic carboxylic acids is 3. The number of aliphatic hydroxyl groups is 10. The summed E-state index contributed by atoms with van der Waals surface area (Å²) in [4.78, 5) is 48.9. The van der Waals surface area contributed by atoms with E-state index < -0.39 is 222 Å². The highest BCUT2D eigenvalue weighted by atomic mass is 32.3. The van der Waals surface area contributed by atoms with Gasteiger partial charge in [0.2, 0.25) is 5.91 Å². The van der Waals surface area contributed by atoms with Crippen molar-refractivity contribution in [1.82, 2.24) is 10.0 Å². The number of carbonyl (C=O) groups is 4. The fourth-order valence-corrected chi connectivity index (χ4v) is 9.43. The second-order valence-electron chi connectivity index (χ2n) is 16.5. The first-order chi connectivity index (χ1) is 34.0. The van der Waals surface area contributed by atoms with Gasteiger partial charge >= 0.3 is 49.0 Å². The van der Waals surface area contributed by atoms with Gasteiger partial charge in [0.1, 0.15) is 97.5 Å². The summed E-state index contributed by atoms with van der Waals surface area (Å²) in [7, 11) is -17.1. The summed E-state index contributed by atoms with van der Waals surface area (Å²) < 4.78 is 159. The minimum absolute atomic E-state index is 0.782.